The van der Waals surface area contributed by atoms with Crippen LogP contribution in [0, 0.1) is 17.1 Å². The van der Waals surface area contributed by atoms with Gasteiger partial charge in [-0.25, -0.2) is 14.0 Å². The predicted octanol–water partition coefficient (Wildman–Crippen LogP) is 3.34. The fourth-order valence-electron chi connectivity index (χ4n) is 2.25. The van der Waals surface area contributed by atoms with Crippen LogP contribution in [0.25, 0.3) is 5.69 Å². The van der Waals surface area contributed by atoms with Crippen molar-refractivity contribution in [2.75, 3.05) is 19.5 Å². The maximum Gasteiger partial charge on any atom is 0.357 e. The number of hydrogen-bond donors (Lipinski definition) is 1. The highest BCUT2D eigenvalue weighted by molar-refractivity contribution is 6.39. The zero-order valence-corrected chi connectivity index (χ0v) is 15.1. The second-order valence-electron chi connectivity index (χ2n) is 4.88. The van der Waals surface area contributed by atoms with Gasteiger partial charge in [-0.3, -0.25) is 0 Å². The largest absolute Gasteiger partial charge is 0.464 e. The van der Waals surface area contributed by atoms with E-state index in [0.717, 1.165) is 23.9 Å². The molecule has 0 saturated carbocycles. The van der Waals surface area contributed by atoms with Crippen molar-refractivity contribution in [1.82, 2.24) is 4.57 Å². The molecule has 0 atom stereocenters. The minimum Gasteiger partial charge on any atom is -0.464 e. The fourth-order valence-corrected chi connectivity index (χ4v) is 2.86. The molecule has 1 heterocycles. The van der Waals surface area contributed by atoms with Gasteiger partial charge in [0.05, 0.1) is 41.2 Å². The first-order valence-corrected chi connectivity index (χ1v) is 7.88. The van der Waals surface area contributed by atoms with Crippen LogP contribution >= 0.6 is 23.2 Å². The number of anilines is 1. The van der Waals surface area contributed by atoms with Gasteiger partial charge in [-0.1, -0.05) is 23.2 Å². The number of nitriles is 1. The fraction of sp³-hybridized carbons (Fsp3) is 0.188. The van der Waals surface area contributed by atoms with Crippen LogP contribution in [0.15, 0.2) is 12.3 Å². The van der Waals surface area contributed by atoms with Crippen LogP contribution < -0.4 is 5.73 Å². The predicted molar refractivity (Wildman–Crippen MR) is 92.2 cm³/mol. The number of esters is 2. The Kier molecular flexibility index (Phi) is 5.75. The van der Waals surface area contributed by atoms with Gasteiger partial charge in [-0.15, -0.1) is 0 Å². The summed E-state index contributed by atoms with van der Waals surface area (Å²) in [5, 5.41) is 8.40. The van der Waals surface area contributed by atoms with Crippen LogP contribution in [0.4, 0.5) is 10.1 Å². The van der Waals surface area contributed by atoms with E-state index in [0.29, 0.717) is 0 Å². The van der Waals surface area contributed by atoms with Gasteiger partial charge in [0.1, 0.15) is 16.9 Å². The van der Waals surface area contributed by atoms with Crippen LogP contribution in [-0.2, 0) is 9.47 Å². The van der Waals surface area contributed by atoms with E-state index in [2.05, 4.69) is 4.74 Å². The van der Waals surface area contributed by atoms with Crippen molar-refractivity contribution in [3.8, 4) is 11.8 Å². The third-order valence-electron chi connectivity index (χ3n) is 3.41. The van der Waals surface area contributed by atoms with Crippen molar-refractivity contribution in [3.63, 3.8) is 0 Å². The van der Waals surface area contributed by atoms with Crippen LogP contribution in [0.1, 0.15) is 33.3 Å². The summed E-state index contributed by atoms with van der Waals surface area (Å²) >= 11 is 12.2. The van der Waals surface area contributed by atoms with Gasteiger partial charge >= 0.3 is 11.9 Å². The molecule has 0 aliphatic heterocycles. The van der Waals surface area contributed by atoms with Gasteiger partial charge < -0.3 is 19.8 Å². The number of nitrogens with zero attached hydrogens (tertiary/aromatic N) is 2. The van der Waals surface area contributed by atoms with E-state index >= 15 is 0 Å². The average Bonchev–Trinajstić information content (AvgIpc) is 2.94. The second-order valence-corrected chi connectivity index (χ2v) is 5.64. The summed E-state index contributed by atoms with van der Waals surface area (Å²) in [6.07, 6.45) is 1.14. The van der Waals surface area contributed by atoms with E-state index in [9.17, 15) is 14.0 Å². The first-order chi connectivity index (χ1) is 12.3. The Morgan fingerprint density at radius 3 is 2.54 bits per heavy atom. The third-order valence-corrected chi connectivity index (χ3v) is 4.16. The lowest BCUT2D eigenvalue weighted by Gasteiger charge is -2.15. The number of methoxy groups -OCH3 is 1. The van der Waals surface area contributed by atoms with Gasteiger partial charge in [0.15, 0.2) is 5.69 Å². The Balaban J connectivity index is 2.87. The van der Waals surface area contributed by atoms with E-state index in [1.165, 1.54) is 0 Å². The van der Waals surface area contributed by atoms with Crippen LogP contribution in [0.2, 0.25) is 10.0 Å². The molecule has 2 aromatic rings. The number of halogens is 3. The van der Waals surface area contributed by atoms with Crippen molar-refractivity contribution in [2.24, 2.45) is 0 Å². The lowest BCUT2D eigenvalue weighted by atomic mass is 10.1. The summed E-state index contributed by atoms with van der Waals surface area (Å²) in [5.74, 6) is -2.76. The number of rotatable bonds is 4. The highest BCUT2D eigenvalue weighted by Gasteiger charge is 2.28. The summed E-state index contributed by atoms with van der Waals surface area (Å²) in [4.78, 5) is 24.1. The van der Waals surface area contributed by atoms with Gasteiger partial charge in [0.2, 0.25) is 0 Å². The van der Waals surface area contributed by atoms with Gasteiger partial charge in [0.25, 0.3) is 0 Å². The van der Waals surface area contributed by atoms with Crippen molar-refractivity contribution >= 4 is 40.8 Å². The molecule has 2 rings (SSSR count). The topological polar surface area (TPSA) is 107 Å². The summed E-state index contributed by atoms with van der Waals surface area (Å²) in [7, 11) is 1.10. The molecule has 0 aliphatic rings. The quantitative estimate of drug-likeness (QED) is 0.623. The molecule has 26 heavy (non-hydrogen) atoms. The lowest BCUT2D eigenvalue weighted by Crippen LogP contribution is -2.14. The standard InChI is InChI=1S/C16H12Cl2FN3O4/c1-3-26-15(23)8-4-9(19)11(18)13(10(8)17)22-6-7(5-20)12(21)14(22)16(24)25-2/h4,6H,3,21H2,1-2H3. The second kappa shape index (κ2) is 7.64. The monoisotopic (exact) mass is 399 g/mol. The van der Waals surface area contributed by atoms with E-state index in [1.807, 2.05) is 0 Å². The van der Waals surface area contributed by atoms with Gasteiger partial charge in [-0.2, -0.15) is 5.26 Å². The van der Waals surface area contributed by atoms with Crippen LogP contribution in [-0.4, -0.2) is 30.2 Å². The Hall–Kier alpha value is -2.76. The molecular weight excluding hydrogens is 388 g/mol. The highest BCUT2D eigenvalue weighted by atomic mass is 35.5. The number of hydrogen-bond acceptors (Lipinski definition) is 6. The summed E-state index contributed by atoms with van der Waals surface area (Å²) in [6, 6.07) is 2.61. The molecule has 0 aliphatic carbocycles. The summed E-state index contributed by atoms with van der Waals surface area (Å²) < 4.78 is 24.8. The van der Waals surface area contributed by atoms with Crippen molar-refractivity contribution in [3.05, 3.63) is 44.9 Å². The molecular formula is C16H12Cl2FN3O4. The first-order valence-electron chi connectivity index (χ1n) is 7.12. The zero-order chi connectivity index (χ0) is 19.6. The SMILES string of the molecule is CCOC(=O)c1cc(F)c(Cl)c(-n2cc(C#N)c(N)c2C(=O)OC)c1Cl. The molecule has 136 valence electrons. The number of nitrogens with two attached hydrogens (primary N) is 1. The molecule has 0 amide bonds. The molecule has 0 unspecified atom stereocenters. The number of aromatic nitrogens is 1. The molecule has 1 aromatic heterocycles. The number of nitrogen functional groups attached to an aromatic ring is 1. The van der Waals surface area contributed by atoms with Gasteiger partial charge in [0, 0.05) is 6.20 Å². The van der Waals surface area contributed by atoms with E-state index in [1.54, 1.807) is 13.0 Å². The Morgan fingerprint density at radius 2 is 2.00 bits per heavy atom. The number of carbonyl (C=O) groups is 2. The number of benzene rings is 1. The molecule has 1 aromatic carbocycles. The van der Waals surface area contributed by atoms with Crippen molar-refractivity contribution in [1.29, 1.82) is 5.26 Å². The van der Waals surface area contributed by atoms with Gasteiger partial charge in [-0.05, 0) is 13.0 Å². The Labute approximate surface area is 157 Å². The van der Waals surface area contributed by atoms with Crippen LogP contribution in [0.3, 0.4) is 0 Å². The summed E-state index contributed by atoms with van der Waals surface area (Å²) in [6.45, 7) is 1.61. The smallest absolute Gasteiger partial charge is 0.357 e. The molecule has 0 saturated heterocycles. The molecule has 0 radical (unpaired) electrons. The van der Waals surface area contributed by atoms with Crippen molar-refractivity contribution < 1.29 is 23.5 Å². The number of ether oxygens (including phenoxy) is 2. The van der Waals surface area contributed by atoms with Crippen molar-refractivity contribution in [2.45, 2.75) is 6.92 Å². The molecule has 0 spiro atoms. The minimum atomic E-state index is -0.976. The minimum absolute atomic E-state index is 0.0389. The highest BCUT2D eigenvalue weighted by Crippen LogP contribution is 2.37. The third kappa shape index (κ3) is 3.19. The molecule has 0 bridgehead atoms. The molecule has 2 N–H and O–H groups in total. The van der Waals surface area contributed by atoms with E-state index in [-0.39, 0.29) is 39.8 Å². The average molecular weight is 400 g/mol. The zero-order valence-electron chi connectivity index (χ0n) is 13.6. The van der Waals surface area contributed by atoms with Crippen LogP contribution in [0.5, 0.6) is 0 Å². The van der Waals surface area contributed by atoms with E-state index < -0.39 is 22.8 Å². The Bertz CT molecular complexity index is 950. The first kappa shape index (κ1) is 19.6. The maximum atomic E-state index is 14.3. The Morgan fingerprint density at radius 1 is 1.35 bits per heavy atom. The molecule has 0 fully saturated rings. The molecule has 10 heteroatoms. The van der Waals surface area contributed by atoms with E-state index in [4.69, 9.17) is 38.9 Å². The maximum absolute atomic E-state index is 14.3. The molecule has 7 nitrogen and oxygen atoms in total. The lowest BCUT2D eigenvalue weighted by molar-refractivity contribution is 0.0525. The summed E-state index contributed by atoms with van der Waals surface area (Å²) in [5.41, 5.74) is 4.68. The number of carbonyl (C=O) groups excluding carboxylic acids is 2. The normalized spacial score (nSPS) is 10.3.